The van der Waals surface area contributed by atoms with Gasteiger partial charge in [0.1, 0.15) is 41.5 Å². The Morgan fingerprint density at radius 3 is 2.51 bits per heavy atom. The van der Waals surface area contributed by atoms with Gasteiger partial charge in [-0.3, -0.25) is 9.69 Å². The molecule has 11 heteroatoms. The highest BCUT2D eigenvalue weighted by atomic mass is 35.5. The molecule has 0 spiro atoms. The molecule has 4 aromatic rings. The molecule has 4 aromatic carbocycles. The van der Waals surface area contributed by atoms with E-state index in [1.807, 2.05) is 30.3 Å². The van der Waals surface area contributed by atoms with Gasteiger partial charge in [0.05, 0.1) is 21.9 Å². The first kappa shape index (κ1) is 30.6. The maximum absolute atomic E-state index is 16.3. The van der Waals surface area contributed by atoms with Gasteiger partial charge in [-0.25, -0.2) is 17.2 Å². The lowest BCUT2D eigenvalue weighted by Gasteiger charge is -2.37. The molecule has 2 heterocycles. The number of allylic oxidation sites excluding steroid dienone is 1. The lowest BCUT2D eigenvalue weighted by molar-refractivity contribution is 0.0976. The van der Waals surface area contributed by atoms with Gasteiger partial charge in [0.15, 0.2) is 9.84 Å². The van der Waals surface area contributed by atoms with Gasteiger partial charge < -0.3 is 15.2 Å². The van der Waals surface area contributed by atoms with E-state index in [0.717, 1.165) is 28.7 Å². The normalized spacial score (nSPS) is 18.3. The zero-order valence-corrected chi connectivity index (χ0v) is 25.9. The van der Waals surface area contributed by atoms with E-state index in [-0.39, 0.29) is 62.8 Å². The van der Waals surface area contributed by atoms with E-state index in [2.05, 4.69) is 5.32 Å². The van der Waals surface area contributed by atoms with E-state index in [1.54, 1.807) is 13.8 Å². The van der Waals surface area contributed by atoms with Gasteiger partial charge in [-0.1, -0.05) is 61.8 Å². The van der Waals surface area contributed by atoms with Crippen LogP contribution in [0.25, 0.3) is 0 Å². The molecule has 45 heavy (non-hydrogen) atoms. The van der Waals surface area contributed by atoms with Crippen LogP contribution < -0.4 is 15.0 Å². The first-order valence-electron chi connectivity index (χ1n) is 14.1. The summed E-state index contributed by atoms with van der Waals surface area (Å²) >= 11 is 6.15. The molecule has 0 saturated carbocycles. The number of hydrogen-bond acceptors (Lipinski definition) is 6. The number of phenols is 1. The molecular formula is C34H29ClF2N2O5S. The van der Waals surface area contributed by atoms with Gasteiger partial charge in [-0.15, -0.1) is 0 Å². The Morgan fingerprint density at radius 2 is 1.78 bits per heavy atom. The van der Waals surface area contributed by atoms with Crippen LogP contribution in [-0.4, -0.2) is 25.2 Å². The fourth-order valence-corrected chi connectivity index (χ4v) is 8.49. The minimum atomic E-state index is -4.16. The molecule has 2 aliphatic heterocycles. The van der Waals surface area contributed by atoms with Crippen LogP contribution in [0.2, 0.25) is 5.02 Å². The number of para-hydroxylation sites is 1. The Morgan fingerprint density at radius 1 is 1.02 bits per heavy atom. The smallest absolute Gasteiger partial charge is 0.262 e. The van der Waals surface area contributed by atoms with E-state index in [0.29, 0.717) is 0 Å². The summed E-state index contributed by atoms with van der Waals surface area (Å²) in [6.07, 6.45) is 0.208. The number of nitrogens with one attached hydrogen (secondary N) is 1. The second-order valence-electron chi connectivity index (χ2n) is 11.9. The highest BCUT2D eigenvalue weighted by molar-refractivity contribution is 7.95. The predicted octanol–water partition coefficient (Wildman–Crippen LogP) is 7.77. The van der Waals surface area contributed by atoms with Crippen LogP contribution >= 0.6 is 11.6 Å². The quantitative estimate of drug-likeness (QED) is 0.214. The summed E-state index contributed by atoms with van der Waals surface area (Å²) in [5.74, 6) is -3.11. The molecule has 1 atom stereocenters. The van der Waals surface area contributed by atoms with Crippen molar-refractivity contribution in [1.29, 1.82) is 0 Å². The second-order valence-corrected chi connectivity index (χ2v) is 14.3. The minimum absolute atomic E-state index is 0.0237. The van der Waals surface area contributed by atoms with Crippen LogP contribution in [0.1, 0.15) is 47.8 Å². The molecule has 0 aromatic heterocycles. The van der Waals surface area contributed by atoms with Crippen LogP contribution in [0, 0.1) is 17.0 Å². The number of carbonyl (C=O) groups excluding carboxylic acids is 1. The van der Waals surface area contributed by atoms with E-state index >= 15 is 8.78 Å². The van der Waals surface area contributed by atoms with Crippen molar-refractivity contribution in [3.05, 3.63) is 129 Å². The summed E-state index contributed by atoms with van der Waals surface area (Å²) in [6, 6.07) is 19.4. The third kappa shape index (κ3) is 5.87. The molecule has 232 valence electrons. The Balaban J connectivity index is 1.58. The number of anilines is 2. The number of ether oxygens (including phenoxy) is 1. The molecule has 2 N–H and O–H groups in total. The fraction of sp³-hybridized carbons (Fsp3) is 0.206. The maximum Gasteiger partial charge on any atom is 0.262 e. The van der Waals surface area contributed by atoms with Crippen LogP contribution in [-0.2, 0) is 16.4 Å². The van der Waals surface area contributed by atoms with Crippen molar-refractivity contribution >= 4 is 38.7 Å². The van der Waals surface area contributed by atoms with Crippen molar-refractivity contribution in [2.45, 2.75) is 32.9 Å². The van der Waals surface area contributed by atoms with E-state index in [1.165, 1.54) is 36.4 Å². The summed E-state index contributed by atoms with van der Waals surface area (Å²) < 4.78 is 65.6. The van der Waals surface area contributed by atoms with Gasteiger partial charge >= 0.3 is 0 Å². The van der Waals surface area contributed by atoms with Crippen molar-refractivity contribution < 1.29 is 31.8 Å². The highest BCUT2D eigenvalue weighted by Gasteiger charge is 2.48. The molecule has 7 nitrogen and oxygen atoms in total. The van der Waals surface area contributed by atoms with Crippen molar-refractivity contribution in [3.63, 3.8) is 0 Å². The van der Waals surface area contributed by atoms with Crippen LogP contribution in [0.4, 0.5) is 20.2 Å². The van der Waals surface area contributed by atoms with Crippen molar-refractivity contribution in [2.75, 3.05) is 16.0 Å². The van der Waals surface area contributed by atoms with Gasteiger partial charge in [0, 0.05) is 22.3 Å². The summed E-state index contributed by atoms with van der Waals surface area (Å²) in [5.41, 5.74) is -0.237. The average molecular weight is 651 g/mol. The Hall–Kier alpha value is -4.41. The highest BCUT2D eigenvalue weighted by Crippen LogP contribution is 2.52. The van der Waals surface area contributed by atoms with Crippen molar-refractivity contribution in [3.8, 4) is 11.5 Å². The molecule has 1 unspecified atom stereocenters. The molecule has 6 rings (SSSR count). The number of fused-ring (bicyclic) bond motifs is 1. The van der Waals surface area contributed by atoms with Crippen LogP contribution in [0.3, 0.4) is 0 Å². The Bertz CT molecular complexity index is 1960. The van der Waals surface area contributed by atoms with Crippen molar-refractivity contribution in [2.24, 2.45) is 5.41 Å². The predicted molar refractivity (Wildman–Crippen MR) is 169 cm³/mol. The number of carbonyl (C=O) groups is 1. The molecule has 0 fully saturated rings. The summed E-state index contributed by atoms with van der Waals surface area (Å²) in [5, 5.41) is 14.1. The SMILES string of the molecule is CC1(C)CC2=C(C(c3ccc(OCc4ccccc4)cc3F)N(C(=O)c3cc(Cl)ccc3F)c3cccc(O)c3N2)S(=O)(=O)C1. The van der Waals surface area contributed by atoms with E-state index in [9.17, 15) is 18.3 Å². The van der Waals surface area contributed by atoms with Gasteiger partial charge in [0.25, 0.3) is 5.91 Å². The number of phenolic OH excluding ortho intramolecular Hbond substituents is 1. The van der Waals surface area contributed by atoms with Crippen molar-refractivity contribution in [1.82, 2.24) is 0 Å². The van der Waals surface area contributed by atoms with E-state index < -0.39 is 44.4 Å². The first-order valence-corrected chi connectivity index (χ1v) is 16.2. The maximum atomic E-state index is 16.3. The third-order valence-electron chi connectivity index (χ3n) is 7.82. The number of rotatable bonds is 5. The zero-order chi connectivity index (χ0) is 32.1. The number of hydrogen-bond donors (Lipinski definition) is 2. The number of benzene rings is 4. The molecule has 0 bridgehead atoms. The first-order chi connectivity index (χ1) is 21.3. The van der Waals surface area contributed by atoms with Crippen LogP contribution in [0.5, 0.6) is 11.5 Å². The summed E-state index contributed by atoms with van der Waals surface area (Å²) in [4.78, 5) is 15.2. The fourth-order valence-electron chi connectivity index (χ4n) is 5.96. The summed E-state index contributed by atoms with van der Waals surface area (Å²) in [6.45, 7) is 3.73. The average Bonchev–Trinajstić information content (AvgIpc) is 3.12. The Kier molecular flexibility index (Phi) is 7.82. The van der Waals surface area contributed by atoms with Crippen LogP contribution in [0.15, 0.2) is 95.5 Å². The number of amides is 1. The summed E-state index contributed by atoms with van der Waals surface area (Å²) in [7, 11) is -4.16. The van der Waals surface area contributed by atoms with Gasteiger partial charge in [0.2, 0.25) is 0 Å². The lowest BCUT2D eigenvalue weighted by Crippen LogP contribution is -2.41. The molecule has 1 amide bonds. The van der Waals surface area contributed by atoms with Gasteiger partial charge in [-0.05, 0) is 59.9 Å². The molecule has 0 saturated heterocycles. The lowest BCUT2D eigenvalue weighted by atomic mass is 9.88. The monoisotopic (exact) mass is 650 g/mol. The van der Waals surface area contributed by atoms with Gasteiger partial charge in [-0.2, -0.15) is 0 Å². The molecular weight excluding hydrogens is 622 g/mol. The number of nitrogens with zero attached hydrogens (tertiary/aromatic N) is 1. The number of sulfone groups is 1. The zero-order valence-electron chi connectivity index (χ0n) is 24.4. The topological polar surface area (TPSA) is 95.9 Å². The molecule has 2 aliphatic rings. The number of halogens is 3. The molecule has 0 aliphatic carbocycles. The largest absolute Gasteiger partial charge is 0.506 e. The standard InChI is InChI=1S/C34H29ClF2N2O5S/c1-34(2)17-27-32(45(42,43)19-34)31(23-13-12-22(16-26(23)37)44-18-20-7-4-3-5-8-20)39(28-9-6-10-29(40)30(28)38-27)33(41)24-15-21(35)11-14-25(24)36/h3-16,31,38,40H,17-19H2,1-2H3. The second kappa shape index (κ2) is 11.5. The number of aromatic hydroxyl groups is 1. The van der Waals surface area contributed by atoms with E-state index in [4.69, 9.17) is 16.3 Å². The minimum Gasteiger partial charge on any atom is -0.506 e. The molecule has 0 radical (unpaired) electrons. The third-order valence-corrected chi connectivity index (χ3v) is 10.4. The Labute approximate surface area is 264 Å².